The molecule has 2 rings (SSSR count). The van der Waals surface area contributed by atoms with Gasteiger partial charge < -0.3 is 10.1 Å². The van der Waals surface area contributed by atoms with Gasteiger partial charge in [0.25, 0.3) is 0 Å². The number of carbonyl (C=O) groups excluding carboxylic acids is 1. The van der Waals surface area contributed by atoms with Gasteiger partial charge in [-0.2, -0.15) is 0 Å². The van der Waals surface area contributed by atoms with E-state index in [1.807, 2.05) is 0 Å². The third kappa shape index (κ3) is 1.89. The highest BCUT2D eigenvalue weighted by atomic mass is 16.3. The topological polar surface area (TPSA) is 75.1 Å². The van der Waals surface area contributed by atoms with Crippen molar-refractivity contribution in [1.29, 1.82) is 0 Å². The first-order valence-electron chi connectivity index (χ1n) is 5.59. The molecule has 2 N–H and O–H groups in total. The molecule has 88 valence electrons. The lowest BCUT2D eigenvalue weighted by Crippen LogP contribution is -2.27. The summed E-state index contributed by atoms with van der Waals surface area (Å²) in [6.45, 7) is 1.62. The normalized spacial score (nSPS) is 25.6. The molecule has 1 aliphatic carbocycles. The predicted molar refractivity (Wildman–Crippen MR) is 58.4 cm³/mol. The monoisotopic (exact) mass is 224 g/mol. The molecule has 0 atom stereocenters. The molecule has 1 fully saturated rings. The Morgan fingerprint density at radius 1 is 1.44 bits per heavy atom. The van der Waals surface area contributed by atoms with Crippen LogP contribution in [0.15, 0.2) is 11.0 Å². The summed E-state index contributed by atoms with van der Waals surface area (Å²) in [4.78, 5) is 25.1. The van der Waals surface area contributed by atoms with E-state index in [1.165, 1.54) is 10.8 Å². The molecule has 0 radical (unpaired) electrons. The van der Waals surface area contributed by atoms with Crippen LogP contribution in [-0.4, -0.2) is 20.4 Å². The van der Waals surface area contributed by atoms with Gasteiger partial charge in [0.05, 0.1) is 6.20 Å². The molecule has 5 heteroatoms. The summed E-state index contributed by atoms with van der Waals surface area (Å²) in [5.74, 6) is 0.341. The second kappa shape index (κ2) is 4.15. The fraction of sp³-hybridized carbons (Fsp3) is 0.636. The minimum atomic E-state index is -0.274. The van der Waals surface area contributed by atoms with Crippen molar-refractivity contribution in [2.24, 2.45) is 5.92 Å². The second-order valence-corrected chi connectivity index (χ2v) is 4.44. The second-order valence-electron chi connectivity index (χ2n) is 4.44. The van der Waals surface area contributed by atoms with Crippen molar-refractivity contribution in [3.8, 4) is 5.88 Å². The lowest BCUT2D eigenvalue weighted by molar-refractivity contribution is -0.121. The number of aromatic amines is 1. The number of rotatable bonds is 2. The summed E-state index contributed by atoms with van der Waals surface area (Å²) in [5, 5.41) is 9.52. The summed E-state index contributed by atoms with van der Waals surface area (Å²) in [6, 6.07) is 0.0225. The largest absolute Gasteiger partial charge is 0.493 e. The number of hydrogen-bond donors (Lipinski definition) is 2. The van der Waals surface area contributed by atoms with Gasteiger partial charge in [-0.25, -0.2) is 4.79 Å². The Bertz CT molecular complexity index is 438. The van der Waals surface area contributed by atoms with Crippen LogP contribution in [0.2, 0.25) is 0 Å². The van der Waals surface area contributed by atoms with Crippen LogP contribution in [-0.2, 0) is 4.79 Å². The molecule has 1 aromatic heterocycles. The van der Waals surface area contributed by atoms with E-state index >= 15 is 0 Å². The average Bonchev–Trinajstić information content (AvgIpc) is 2.59. The van der Waals surface area contributed by atoms with Crippen LogP contribution in [0.1, 0.15) is 38.6 Å². The van der Waals surface area contributed by atoms with Crippen molar-refractivity contribution in [2.45, 2.75) is 38.6 Å². The summed E-state index contributed by atoms with van der Waals surface area (Å²) >= 11 is 0. The smallest absolute Gasteiger partial charge is 0.328 e. The van der Waals surface area contributed by atoms with E-state index < -0.39 is 0 Å². The van der Waals surface area contributed by atoms with Gasteiger partial charge in [-0.3, -0.25) is 9.36 Å². The standard InChI is InChI=1S/C11H16N2O3/c1-7(14)8-2-4-9(5-3-8)13-10(15)6-12-11(13)16/h6,8-9,15H,2-5H2,1H3,(H,12,16). The van der Waals surface area contributed by atoms with Gasteiger partial charge in [-0.1, -0.05) is 0 Å². The van der Waals surface area contributed by atoms with Gasteiger partial charge in [0.2, 0.25) is 5.88 Å². The van der Waals surface area contributed by atoms with Crippen LogP contribution in [0.3, 0.4) is 0 Å². The molecule has 0 aliphatic heterocycles. The summed E-state index contributed by atoms with van der Waals surface area (Å²) < 4.78 is 1.39. The maximum atomic E-state index is 11.4. The Kier molecular flexibility index (Phi) is 2.85. The van der Waals surface area contributed by atoms with E-state index in [9.17, 15) is 14.7 Å². The highest BCUT2D eigenvalue weighted by molar-refractivity contribution is 5.78. The molecule has 1 aromatic rings. The van der Waals surface area contributed by atoms with Gasteiger partial charge in [-0.05, 0) is 32.6 Å². The van der Waals surface area contributed by atoms with Crippen molar-refractivity contribution in [3.63, 3.8) is 0 Å². The van der Waals surface area contributed by atoms with E-state index in [-0.39, 0.29) is 29.3 Å². The number of nitrogens with one attached hydrogen (secondary N) is 1. The zero-order valence-corrected chi connectivity index (χ0v) is 9.27. The summed E-state index contributed by atoms with van der Waals surface area (Å²) in [7, 11) is 0. The number of aromatic hydroxyl groups is 1. The van der Waals surface area contributed by atoms with E-state index in [0.29, 0.717) is 0 Å². The first-order chi connectivity index (χ1) is 7.59. The Labute approximate surface area is 93.1 Å². The molecule has 1 aliphatic rings. The maximum Gasteiger partial charge on any atom is 0.328 e. The van der Waals surface area contributed by atoms with Crippen LogP contribution in [0.25, 0.3) is 0 Å². The minimum Gasteiger partial charge on any atom is -0.493 e. The molecule has 1 saturated carbocycles. The number of aromatic nitrogens is 2. The quantitative estimate of drug-likeness (QED) is 0.792. The van der Waals surface area contributed by atoms with E-state index in [0.717, 1.165) is 25.7 Å². The molecule has 1 heterocycles. The third-order valence-corrected chi connectivity index (χ3v) is 3.43. The SMILES string of the molecule is CC(=O)C1CCC(n2c(O)c[nH]c2=O)CC1. The van der Waals surface area contributed by atoms with Gasteiger partial charge in [0, 0.05) is 12.0 Å². The van der Waals surface area contributed by atoms with Crippen LogP contribution in [0.5, 0.6) is 5.88 Å². The molecule has 16 heavy (non-hydrogen) atoms. The number of Topliss-reactive ketones (excluding diaryl/α,β-unsaturated/α-hetero) is 1. The number of imidazole rings is 1. The van der Waals surface area contributed by atoms with Crippen molar-refractivity contribution >= 4 is 5.78 Å². The lowest BCUT2D eigenvalue weighted by Gasteiger charge is -2.27. The van der Waals surface area contributed by atoms with Crippen LogP contribution in [0, 0.1) is 5.92 Å². The third-order valence-electron chi connectivity index (χ3n) is 3.43. The fourth-order valence-electron chi connectivity index (χ4n) is 2.46. The van der Waals surface area contributed by atoms with Crippen LogP contribution >= 0.6 is 0 Å². The number of nitrogens with zero attached hydrogens (tertiary/aromatic N) is 1. The van der Waals surface area contributed by atoms with E-state index in [1.54, 1.807) is 6.92 Å². The molecule has 0 bridgehead atoms. The summed E-state index contributed by atoms with van der Waals surface area (Å²) in [6.07, 6.45) is 4.46. The van der Waals surface area contributed by atoms with Crippen LogP contribution < -0.4 is 5.69 Å². The number of ketones is 1. The zero-order chi connectivity index (χ0) is 11.7. The predicted octanol–water partition coefficient (Wildman–Crippen LogP) is 1.20. The van der Waals surface area contributed by atoms with Crippen molar-refractivity contribution < 1.29 is 9.90 Å². The highest BCUT2D eigenvalue weighted by Gasteiger charge is 2.26. The molecule has 0 amide bonds. The Morgan fingerprint density at radius 2 is 2.06 bits per heavy atom. The first kappa shape index (κ1) is 11.0. The molecule has 5 nitrogen and oxygen atoms in total. The fourth-order valence-corrected chi connectivity index (χ4v) is 2.46. The molecule has 0 saturated heterocycles. The minimum absolute atomic E-state index is 0.0173. The number of hydrogen-bond acceptors (Lipinski definition) is 3. The lowest BCUT2D eigenvalue weighted by atomic mass is 9.84. The maximum absolute atomic E-state index is 11.4. The molecule has 0 aromatic carbocycles. The van der Waals surface area contributed by atoms with Gasteiger partial charge in [-0.15, -0.1) is 0 Å². The highest BCUT2D eigenvalue weighted by Crippen LogP contribution is 2.33. The van der Waals surface area contributed by atoms with Gasteiger partial charge in [0.1, 0.15) is 5.78 Å². The Balaban J connectivity index is 2.10. The molecule has 0 unspecified atom stereocenters. The van der Waals surface area contributed by atoms with Gasteiger partial charge in [0.15, 0.2) is 0 Å². The molecule has 0 spiro atoms. The Hall–Kier alpha value is -1.52. The zero-order valence-electron chi connectivity index (χ0n) is 9.27. The van der Waals surface area contributed by atoms with E-state index in [4.69, 9.17) is 0 Å². The first-order valence-corrected chi connectivity index (χ1v) is 5.59. The average molecular weight is 224 g/mol. The number of carbonyl (C=O) groups is 1. The van der Waals surface area contributed by atoms with E-state index in [2.05, 4.69) is 4.98 Å². The van der Waals surface area contributed by atoms with Crippen molar-refractivity contribution in [1.82, 2.24) is 9.55 Å². The molecular weight excluding hydrogens is 208 g/mol. The van der Waals surface area contributed by atoms with Crippen molar-refractivity contribution in [3.05, 3.63) is 16.7 Å². The number of H-pyrrole nitrogens is 1. The van der Waals surface area contributed by atoms with Crippen molar-refractivity contribution in [2.75, 3.05) is 0 Å². The van der Waals surface area contributed by atoms with Gasteiger partial charge >= 0.3 is 5.69 Å². The van der Waals surface area contributed by atoms with Crippen LogP contribution in [0.4, 0.5) is 0 Å². The summed E-state index contributed by atoms with van der Waals surface area (Å²) in [5.41, 5.74) is -0.274. The Morgan fingerprint density at radius 3 is 2.50 bits per heavy atom. The molecular formula is C11H16N2O3.